The zero-order chi connectivity index (χ0) is 22.5. The van der Waals surface area contributed by atoms with Crippen molar-refractivity contribution in [2.24, 2.45) is 5.92 Å². The lowest BCUT2D eigenvalue weighted by Crippen LogP contribution is -2.36. The molecule has 0 bridgehead atoms. The zero-order valence-corrected chi connectivity index (χ0v) is 18.0. The van der Waals surface area contributed by atoms with Crippen LogP contribution in [0, 0.1) is 5.92 Å². The average Bonchev–Trinajstić information content (AvgIpc) is 3.46. The molecule has 164 valence electrons. The summed E-state index contributed by atoms with van der Waals surface area (Å²) in [4.78, 5) is 39.3. The summed E-state index contributed by atoms with van der Waals surface area (Å²) >= 11 is 5.91. The van der Waals surface area contributed by atoms with Crippen molar-refractivity contribution in [2.45, 2.75) is 19.5 Å². The van der Waals surface area contributed by atoms with Crippen molar-refractivity contribution in [1.82, 2.24) is 10.6 Å². The van der Waals surface area contributed by atoms with E-state index in [4.69, 9.17) is 16.0 Å². The molecule has 1 aromatic heterocycles. The lowest BCUT2D eigenvalue weighted by atomic mass is 10.1. The van der Waals surface area contributed by atoms with Gasteiger partial charge >= 0.3 is 0 Å². The molecule has 2 heterocycles. The van der Waals surface area contributed by atoms with Crippen LogP contribution >= 0.6 is 11.6 Å². The highest BCUT2D eigenvalue weighted by atomic mass is 35.5. The van der Waals surface area contributed by atoms with E-state index >= 15 is 0 Å². The van der Waals surface area contributed by atoms with Gasteiger partial charge in [0.2, 0.25) is 11.8 Å². The fourth-order valence-electron chi connectivity index (χ4n) is 3.62. The van der Waals surface area contributed by atoms with Gasteiger partial charge in [-0.05, 0) is 60.5 Å². The number of rotatable bonds is 7. The van der Waals surface area contributed by atoms with Gasteiger partial charge in [-0.25, -0.2) is 0 Å². The van der Waals surface area contributed by atoms with Crippen LogP contribution in [0.4, 0.5) is 5.69 Å². The van der Waals surface area contributed by atoms with Gasteiger partial charge in [-0.2, -0.15) is 0 Å². The minimum absolute atomic E-state index is 0.225. The molecule has 8 heteroatoms. The lowest BCUT2D eigenvalue weighted by Gasteiger charge is -2.17. The Morgan fingerprint density at radius 2 is 1.84 bits per heavy atom. The molecule has 1 unspecified atom stereocenters. The van der Waals surface area contributed by atoms with Crippen molar-refractivity contribution < 1.29 is 18.8 Å². The molecule has 1 fully saturated rings. The molecule has 3 aromatic rings. The molecule has 1 aliphatic heterocycles. The highest BCUT2D eigenvalue weighted by Gasteiger charge is 2.37. The highest BCUT2D eigenvalue weighted by Crippen LogP contribution is 2.26. The Bertz CT molecular complexity index is 1110. The molecule has 1 saturated heterocycles. The number of halogens is 1. The number of amides is 3. The Labute approximate surface area is 190 Å². The van der Waals surface area contributed by atoms with E-state index < -0.39 is 5.92 Å². The molecule has 1 atom stereocenters. The molecule has 0 radical (unpaired) electrons. The van der Waals surface area contributed by atoms with Gasteiger partial charge in [0.05, 0.1) is 12.8 Å². The third-order valence-electron chi connectivity index (χ3n) is 5.32. The maximum atomic E-state index is 12.7. The number of nitrogens with zero attached hydrogens (tertiary/aromatic N) is 1. The summed E-state index contributed by atoms with van der Waals surface area (Å²) in [5, 5.41) is 6.20. The van der Waals surface area contributed by atoms with Gasteiger partial charge in [0.25, 0.3) is 5.91 Å². The summed E-state index contributed by atoms with van der Waals surface area (Å²) in [6.07, 6.45) is 2.00. The standard InChI is InChI=1S/C24H22ClN3O4/c25-18-6-8-19(9-7-18)28-11-10-21(24(28)31)23(30)26-14-16-3-1-4-17(13-16)22(29)27-15-20-5-2-12-32-20/h1-9,12-13,21H,10-11,14-15H2,(H,26,30)(H,27,29). The van der Waals surface area contributed by atoms with Crippen molar-refractivity contribution in [1.29, 1.82) is 0 Å². The van der Waals surface area contributed by atoms with Crippen molar-refractivity contribution in [3.8, 4) is 0 Å². The Balaban J connectivity index is 1.32. The number of hydrogen-bond donors (Lipinski definition) is 2. The van der Waals surface area contributed by atoms with Crippen molar-refractivity contribution in [3.05, 3.63) is 88.8 Å². The predicted octanol–water partition coefficient (Wildman–Crippen LogP) is 3.53. The number of hydrogen-bond acceptors (Lipinski definition) is 4. The van der Waals surface area contributed by atoms with Crippen LogP contribution < -0.4 is 15.5 Å². The number of furan rings is 1. The first-order valence-corrected chi connectivity index (χ1v) is 10.6. The largest absolute Gasteiger partial charge is 0.467 e. The summed E-state index contributed by atoms with van der Waals surface area (Å²) in [6, 6.07) is 17.5. The van der Waals surface area contributed by atoms with E-state index in [1.165, 1.54) is 0 Å². The van der Waals surface area contributed by atoms with Crippen LogP contribution in [0.3, 0.4) is 0 Å². The zero-order valence-electron chi connectivity index (χ0n) is 17.2. The van der Waals surface area contributed by atoms with Crippen LogP contribution in [0.1, 0.15) is 28.1 Å². The van der Waals surface area contributed by atoms with E-state index in [1.807, 2.05) is 6.07 Å². The Morgan fingerprint density at radius 1 is 1.03 bits per heavy atom. The van der Waals surface area contributed by atoms with Gasteiger partial charge in [-0.1, -0.05) is 23.7 Å². The number of nitrogens with one attached hydrogen (secondary N) is 2. The highest BCUT2D eigenvalue weighted by molar-refractivity contribution is 6.30. The second-order valence-corrected chi connectivity index (χ2v) is 7.92. The molecule has 2 N–H and O–H groups in total. The van der Waals surface area contributed by atoms with Gasteiger partial charge in [0.1, 0.15) is 11.7 Å². The normalized spacial score (nSPS) is 15.6. The predicted molar refractivity (Wildman–Crippen MR) is 120 cm³/mol. The molecule has 1 aliphatic rings. The quantitative estimate of drug-likeness (QED) is 0.537. The van der Waals surface area contributed by atoms with Crippen LogP contribution in [-0.2, 0) is 22.7 Å². The Morgan fingerprint density at radius 3 is 2.59 bits per heavy atom. The molecular weight excluding hydrogens is 430 g/mol. The first-order valence-electron chi connectivity index (χ1n) is 10.3. The van der Waals surface area contributed by atoms with Crippen molar-refractivity contribution in [3.63, 3.8) is 0 Å². The fraction of sp³-hybridized carbons (Fsp3) is 0.208. The van der Waals surface area contributed by atoms with Gasteiger partial charge in [-0.15, -0.1) is 0 Å². The average molecular weight is 452 g/mol. The Hall–Kier alpha value is -3.58. The van der Waals surface area contributed by atoms with E-state index in [2.05, 4.69) is 10.6 Å². The monoisotopic (exact) mass is 451 g/mol. The van der Waals surface area contributed by atoms with Crippen LogP contribution in [-0.4, -0.2) is 24.3 Å². The molecular formula is C24H22ClN3O4. The summed E-state index contributed by atoms with van der Waals surface area (Å²) in [6.45, 7) is 0.993. The molecule has 0 aliphatic carbocycles. The molecule has 0 spiro atoms. The Kier molecular flexibility index (Phi) is 6.56. The lowest BCUT2D eigenvalue weighted by molar-refractivity contribution is -0.132. The number of benzene rings is 2. The van der Waals surface area contributed by atoms with Gasteiger partial charge in [0, 0.05) is 29.4 Å². The second-order valence-electron chi connectivity index (χ2n) is 7.49. The van der Waals surface area contributed by atoms with Gasteiger partial charge in [0.15, 0.2) is 0 Å². The third-order valence-corrected chi connectivity index (χ3v) is 5.57. The van der Waals surface area contributed by atoms with E-state index in [9.17, 15) is 14.4 Å². The maximum absolute atomic E-state index is 12.7. The number of anilines is 1. The third kappa shape index (κ3) is 5.00. The van der Waals surface area contributed by atoms with Crippen LogP contribution in [0.25, 0.3) is 0 Å². The van der Waals surface area contributed by atoms with E-state index in [-0.39, 0.29) is 24.3 Å². The van der Waals surface area contributed by atoms with Gasteiger partial charge in [-0.3, -0.25) is 14.4 Å². The fourth-order valence-corrected chi connectivity index (χ4v) is 3.74. The molecule has 3 amide bonds. The molecule has 2 aromatic carbocycles. The van der Waals surface area contributed by atoms with Crippen LogP contribution in [0.5, 0.6) is 0 Å². The summed E-state index contributed by atoms with van der Waals surface area (Å²) in [5.41, 5.74) is 1.97. The van der Waals surface area contributed by atoms with Crippen molar-refractivity contribution in [2.75, 3.05) is 11.4 Å². The topological polar surface area (TPSA) is 91.7 Å². The van der Waals surface area contributed by atoms with E-state index in [0.29, 0.717) is 35.9 Å². The van der Waals surface area contributed by atoms with Crippen LogP contribution in [0.2, 0.25) is 5.02 Å². The smallest absolute Gasteiger partial charge is 0.251 e. The SMILES string of the molecule is O=C(NCc1ccco1)c1cccc(CNC(=O)C2CCN(c3ccc(Cl)cc3)C2=O)c1. The molecule has 32 heavy (non-hydrogen) atoms. The van der Waals surface area contributed by atoms with Crippen LogP contribution in [0.15, 0.2) is 71.3 Å². The van der Waals surface area contributed by atoms with E-state index in [0.717, 1.165) is 11.3 Å². The maximum Gasteiger partial charge on any atom is 0.251 e. The summed E-state index contributed by atoms with van der Waals surface area (Å²) < 4.78 is 5.21. The summed E-state index contributed by atoms with van der Waals surface area (Å²) in [5.74, 6) is -0.852. The minimum Gasteiger partial charge on any atom is -0.467 e. The van der Waals surface area contributed by atoms with E-state index in [1.54, 1.807) is 65.8 Å². The first kappa shape index (κ1) is 21.6. The van der Waals surface area contributed by atoms with Gasteiger partial charge < -0.3 is 20.0 Å². The number of carbonyl (C=O) groups excluding carboxylic acids is 3. The first-order chi connectivity index (χ1) is 15.5. The second kappa shape index (κ2) is 9.70. The number of carbonyl (C=O) groups is 3. The minimum atomic E-state index is -0.731. The molecule has 7 nitrogen and oxygen atoms in total. The molecule has 0 saturated carbocycles. The summed E-state index contributed by atoms with van der Waals surface area (Å²) in [7, 11) is 0. The molecule has 4 rings (SSSR count). The van der Waals surface area contributed by atoms with Crippen molar-refractivity contribution >= 4 is 35.0 Å².